The summed E-state index contributed by atoms with van der Waals surface area (Å²) in [5, 5.41) is -0.670. The number of carbonyl (C=O) groups is 4. The quantitative estimate of drug-likeness (QED) is 0.268. The highest BCUT2D eigenvalue weighted by Gasteiger charge is 2.26. The van der Waals surface area contributed by atoms with E-state index in [0.717, 1.165) is 0 Å². The first-order valence-electron chi connectivity index (χ1n) is 7.31. The smallest absolute Gasteiger partial charge is 0.333 e. The molecule has 1 unspecified atom stereocenters. The lowest BCUT2D eigenvalue weighted by atomic mass is 9.97. The molecule has 0 N–H and O–H groups in total. The van der Waals surface area contributed by atoms with E-state index in [4.69, 9.17) is 25.8 Å². The fraction of sp³-hybridized carbons (Fsp3) is 0.625. The average Bonchev–Trinajstić information content (AvgIpc) is 2.45. The fourth-order valence-electron chi connectivity index (χ4n) is 1.24. The van der Waals surface area contributed by atoms with E-state index in [9.17, 15) is 19.2 Å². The third-order valence-corrected chi connectivity index (χ3v) is 2.77. The van der Waals surface area contributed by atoms with E-state index in [1.165, 1.54) is 6.92 Å². The molecule has 0 bridgehead atoms. The minimum absolute atomic E-state index is 0.180. The van der Waals surface area contributed by atoms with Gasteiger partial charge in [-0.1, -0.05) is 6.58 Å². The molecule has 8 heteroatoms. The van der Waals surface area contributed by atoms with E-state index >= 15 is 0 Å². The Morgan fingerprint density at radius 1 is 1.04 bits per heavy atom. The predicted octanol–water partition coefficient (Wildman–Crippen LogP) is 2.15. The van der Waals surface area contributed by atoms with Crippen molar-refractivity contribution in [2.24, 2.45) is 5.41 Å². The number of hydrogen-bond acceptors (Lipinski definition) is 7. The standard InChI is InChI=1S/C16H23ClO7/c1-10(2)14(20)22-8-11(9-23-15(21)16(3,4)5)24-13(19)7-6-12(17)18/h11H,1,6-9H2,2-5H3. The van der Waals surface area contributed by atoms with E-state index in [-0.39, 0.29) is 31.6 Å². The zero-order valence-electron chi connectivity index (χ0n) is 14.3. The van der Waals surface area contributed by atoms with Crippen LogP contribution in [-0.4, -0.2) is 42.5 Å². The maximum absolute atomic E-state index is 11.8. The van der Waals surface area contributed by atoms with Crippen LogP contribution in [0.25, 0.3) is 0 Å². The van der Waals surface area contributed by atoms with Gasteiger partial charge in [-0.3, -0.25) is 14.4 Å². The van der Waals surface area contributed by atoms with Gasteiger partial charge in [-0.25, -0.2) is 4.79 Å². The Morgan fingerprint density at radius 3 is 2.04 bits per heavy atom. The summed E-state index contributed by atoms with van der Waals surface area (Å²) in [5.74, 6) is -1.87. The summed E-state index contributed by atoms with van der Waals surface area (Å²) in [4.78, 5) is 45.5. The molecule has 0 aliphatic rings. The molecule has 1 atom stereocenters. The molecule has 0 aromatic carbocycles. The summed E-state index contributed by atoms with van der Waals surface area (Å²) in [5.41, 5.74) is -0.548. The summed E-state index contributed by atoms with van der Waals surface area (Å²) in [7, 11) is 0. The Labute approximate surface area is 146 Å². The van der Waals surface area contributed by atoms with Gasteiger partial charge < -0.3 is 14.2 Å². The van der Waals surface area contributed by atoms with Crippen molar-refractivity contribution in [3.8, 4) is 0 Å². The Kier molecular flexibility index (Phi) is 9.28. The molecule has 24 heavy (non-hydrogen) atoms. The highest BCUT2D eigenvalue weighted by atomic mass is 35.5. The second-order valence-corrected chi connectivity index (χ2v) is 6.62. The van der Waals surface area contributed by atoms with Crippen LogP contribution >= 0.6 is 11.6 Å². The van der Waals surface area contributed by atoms with Crippen molar-refractivity contribution in [3.63, 3.8) is 0 Å². The highest BCUT2D eigenvalue weighted by Crippen LogP contribution is 2.15. The van der Waals surface area contributed by atoms with Gasteiger partial charge in [0.05, 0.1) is 11.8 Å². The zero-order valence-corrected chi connectivity index (χ0v) is 15.1. The molecule has 0 rings (SSSR count). The van der Waals surface area contributed by atoms with Crippen molar-refractivity contribution in [1.29, 1.82) is 0 Å². The second kappa shape index (κ2) is 10.1. The minimum Gasteiger partial charge on any atom is -0.461 e. The van der Waals surface area contributed by atoms with Crippen LogP contribution in [0.2, 0.25) is 0 Å². The number of carbonyl (C=O) groups excluding carboxylic acids is 4. The highest BCUT2D eigenvalue weighted by molar-refractivity contribution is 6.63. The maximum atomic E-state index is 11.8. The predicted molar refractivity (Wildman–Crippen MR) is 86.2 cm³/mol. The molecule has 0 amide bonds. The molecule has 7 nitrogen and oxygen atoms in total. The van der Waals surface area contributed by atoms with E-state index in [0.29, 0.717) is 0 Å². The van der Waals surface area contributed by atoms with Crippen LogP contribution in [-0.2, 0) is 33.4 Å². The molecular formula is C16H23ClO7. The monoisotopic (exact) mass is 362 g/mol. The van der Waals surface area contributed by atoms with Gasteiger partial charge in [0.1, 0.15) is 13.2 Å². The number of rotatable bonds is 9. The summed E-state index contributed by atoms with van der Waals surface area (Å²) in [6, 6.07) is 0. The molecule has 0 aliphatic carbocycles. The summed E-state index contributed by atoms with van der Waals surface area (Å²) >= 11 is 5.15. The van der Waals surface area contributed by atoms with Gasteiger partial charge in [-0.05, 0) is 39.3 Å². The van der Waals surface area contributed by atoms with Gasteiger partial charge >= 0.3 is 17.9 Å². The van der Waals surface area contributed by atoms with E-state index < -0.39 is 34.7 Å². The van der Waals surface area contributed by atoms with Gasteiger partial charge in [0.2, 0.25) is 5.24 Å². The van der Waals surface area contributed by atoms with Crippen LogP contribution in [0.5, 0.6) is 0 Å². The van der Waals surface area contributed by atoms with Crippen molar-refractivity contribution < 1.29 is 33.4 Å². The molecule has 0 saturated carbocycles. The molecule has 0 fully saturated rings. The molecule has 0 aromatic rings. The lowest BCUT2D eigenvalue weighted by Crippen LogP contribution is -2.33. The maximum Gasteiger partial charge on any atom is 0.333 e. The van der Waals surface area contributed by atoms with Gasteiger partial charge in [0, 0.05) is 12.0 Å². The normalized spacial score (nSPS) is 12.0. The van der Waals surface area contributed by atoms with E-state index in [1.807, 2.05) is 0 Å². The number of ether oxygens (including phenoxy) is 3. The molecular weight excluding hydrogens is 340 g/mol. The molecule has 0 radical (unpaired) electrons. The first kappa shape index (κ1) is 22.1. The first-order chi connectivity index (χ1) is 10.9. The van der Waals surface area contributed by atoms with Crippen molar-refractivity contribution in [1.82, 2.24) is 0 Å². The summed E-state index contributed by atoms with van der Waals surface area (Å²) in [6.07, 6.45) is -1.39. The lowest BCUT2D eigenvalue weighted by molar-refractivity contribution is -0.169. The van der Waals surface area contributed by atoms with Crippen LogP contribution in [0.4, 0.5) is 0 Å². The van der Waals surface area contributed by atoms with Crippen LogP contribution in [0, 0.1) is 5.41 Å². The van der Waals surface area contributed by atoms with Crippen molar-refractivity contribution >= 4 is 34.8 Å². The average molecular weight is 363 g/mol. The van der Waals surface area contributed by atoms with Crippen LogP contribution < -0.4 is 0 Å². The van der Waals surface area contributed by atoms with Crippen molar-refractivity contribution in [2.75, 3.05) is 13.2 Å². The van der Waals surface area contributed by atoms with Crippen LogP contribution in [0.15, 0.2) is 12.2 Å². The van der Waals surface area contributed by atoms with Gasteiger partial charge in [-0.15, -0.1) is 0 Å². The Hall–Kier alpha value is -1.89. The Bertz CT molecular complexity index is 505. The zero-order chi connectivity index (χ0) is 18.9. The summed E-state index contributed by atoms with van der Waals surface area (Å²) < 4.78 is 15.0. The summed E-state index contributed by atoms with van der Waals surface area (Å²) in [6.45, 7) is 9.33. The largest absolute Gasteiger partial charge is 0.461 e. The Balaban J connectivity index is 4.67. The number of esters is 3. The van der Waals surface area contributed by atoms with Gasteiger partial charge in [0.15, 0.2) is 6.10 Å². The minimum atomic E-state index is -0.988. The Morgan fingerprint density at radius 2 is 1.58 bits per heavy atom. The van der Waals surface area contributed by atoms with Gasteiger partial charge in [-0.2, -0.15) is 0 Å². The molecule has 0 aliphatic heterocycles. The number of halogens is 1. The van der Waals surface area contributed by atoms with E-state index in [1.54, 1.807) is 20.8 Å². The lowest BCUT2D eigenvalue weighted by Gasteiger charge is -2.21. The molecule has 0 heterocycles. The van der Waals surface area contributed by atoms with Crippen LogP contribution in [0.1, 0.15) is 40.5 Å². The van der Waals surface area contributed by atoms with Gasteiger partial charge in [0.25, 0.3) is 0 Å². The fourth-order valence-corrected chi connectivity index (χ4v) is 1.33. The molecule has 0 saturated heterocycles. The SMILES string of the molecule is C=C(C)C(=O)OCC(COC(=O)C(C)(C)C)OC(=O)CCC(=O)Cl. The molecule has 0 aromatic heterocycles. The van der Waals surface area contributed by atoms with E-state index in [2.05, 4.69) is 6.58 Å². The molecule has 0 spiro atoms. The third-order valence-electron chi connectivity index (χ3n) is 2.59. The van der Waals surface area contributed by atoms with Crippen LogP contribution in [0.3, 0.4) is 0 Å². The second-order valence-electron chi connectivity index (χ2n) is 6.19. The number of hydrogen-bond donors (Lipinski definition) is 0. The topological polar surface area (TPSA) is 96.0 Å². The molecule has 136 valence electrons. The third kappa shape index (κ3) is 9.99. The van der Waals surface area contributed by atoms with Crippen molar-refractivity contribution in [3.05, 3.63) is 12.2 Å². The first-order valence-corrected chi connectivity index (χ1v) is 7.69. The van der Waals surface area contributed by atoms with Crippen molar-refractivity contribution in [2.45, 2.75) is 46.6 Å².